The van der Waals surface area contributed by atoms with E-state index in [2.05, 4.69) is 0 Å². The fourth-order valence-corrected chi connectivity index (χ4v) is 2.03. The lowest BCUT2D eigenvalue weighted by Gasteiger charge is -2.05. The van der Waals surface area contributed by atoms with E-state index in [9.17, 15) is 18.0 Å². The molecule has 0 bridgehead atoms. The van der Waals surface area contributed by atoms with E-state index in [0.717, 1.165) is 25.1 Å². The van der Waals surface area contributed by atoms with Crippen molar-refractivity contribution in [2.45, 2.75) is 11.8 Å². The van der Waals surface area contributed by atoms with Crippen molar-refractivity contribution in [3.05, 3.63) is 23.8 Å². The molecule has 0 aliphatic rings. The Labute approximate surface area is 91.6 Å². The number of sulfone groups is 1. The molecule has 0 atom stereocenters. The van der Waals surface area contributed by atoms with E-state index in [4.69, 9.17) is 10.8 Å². The number of nitrogens with two attached hydrogens (primary N) is 1. The van der Waals surface area contributed by atoms with Crippen LogP contribution in [-0.4, -0.2) is 24.6 Å². The summed E-state index contributed by atoms with van der Waals surface area (Å²) in [7, 11) is -4.19. The molecule has 7 heteroatoms. The third-order valence-electron chi connectivity index (χ3n) is 1.93. The molecule has 3 N–H and O–H groups in total. The van der Waals surface area contributed by atoms with Gasteiger partial charge < -0.3 is 10.8 Å². The van der Waals surface area contributed by atoms with E-state index in [0.29, 0.717) is 0 Å². The van der Waals surface area contributed by atoms with Gasteiger partial charge in [-0.15, -0.1) is 0 Å². The summed E-state index contributed by atoms with van der Waals surface area (Å²) in [5, 5.41) is 7.60. The fourth-order valence-electron chi connectivity index (χ4n) is 1.05. The third-order valence-corrected chi connectivity index (χ3v) is 3.62. The van der Waals surface area contributed by atoms with Gasteiger partial charge in [0.15, 0.2) is 0 Å². The van der Waals surface area contributed by atoms with Crippen LogP contribution in [0.4, 0.5) is 5.69 Å². The summed E-state index contributed by atoms with van der Waals surface area (Å²) in [6, 6.07) is 3.17. The summed E-state index contributed by atoms with van der Waals surface area (Å²) in [4.78, 5) is 21.1. The third kappa shape index (κ3) is 2.03. The molecule has 0 aliphatic carbocycles. The van der Waals surface area contributed by atoms with Crippen LogP contribution in [0.25, 0.3) is 0 Å². The minimum Gasteiger partial charge on any atom is -0.478 e. The average Bonchev–Trinajstić information content (AvgIpc) is 2.17. The number of carboxylic acids is 1. The molecule has 0 aliphatic heterocycles. The SMILES string of the molecule is CC(=O)S(=O)(=O)c1cc(C(=O)O)ccc1N. The molecule has 0 fully saturated rings. The Morgan fingerprint density at radius 1 is 1.31 bits per heavy atom. The maximum atomic E-state index is 11.5. The number of hydrogen-bond donors (Lipinski definition) is 2. The van der Waals surface area contributed by atoms with Gasteiger partial charge in [0.2, 0.25) is 15.0 Å². The number of carboxylic acid groups (broad SMARTS) is 1. The number of carbonyl (C=O) groups excluding carboxylic acids is 1. The monoisotopic (exact) mass is 243 g/mol. The first-order valence-electron chi connectivity index (χ1n) is 4.15. The molecule has 86 valence electrons. The molecule has 0 unspecified atom stereocenters. The standard InChI is InChI=1S/C9H9NO5S/c1-5(11)16(14,15)8-4-6(9(12)13)2-3-7(8)10/h2-4H,10H2,1H3,(H,12,13). The van der Waals surface area contributed by atoms with Gasteiger partial charge in [0.1, 0.15) is 0 Å². The average molecular weight is 243 g/mol. The molecule has 16 heavy (non-hydrogen) atoms. The van der Waals surface area contributed by atoms with Gasteiger partial charge in [-0.25, -0.2) is 13.2 Å². The van der Waals surface area contributed by atoms with Crippen molar-refractivity contribution in [1.29, 1.82) is 0 Å². The first-order chi connectivity index (χ1) is 7.26. The van der Waals surface area contributed by atoms with Crippen molar-refractivity contribution in [2.75, 3.05) is 5.73 Å². The Balaban J connectivity index is 3.51. The highest BCUT2D eigenvalue weighted by molar-refractivity contribution is 8.06. The summed E-state index contributed by atoms with van der Waals surface area (Å²) in [5.41, 5.74) is 4.99. The largest absolute Gasteiger partial charge is 0.478 e. The number of hydrogen-bond acceptors (Lipinski definition) is 5. The lowest BCUT2D eigenvalue weighted by Crippen LogP contribution is -2.14. The van der Waals surface area contributed by atoms with E-state index < -0.39 is 25.8 Å². The maximum absolute atomic E-state index is 11.5. The fraction of sp³-hybridized carbons (Fsp3) is 0.111. The second kappa shape index (κ2) is 3.93. The van der Waals surface area contributed by atoms with Crippen molar-refractivity contribution < 1.29 is 23.1 Å². The number of rotatable bonds is 2. The van der Waals surface area contributed by atoms with Gasteiger partial charge in [0, 0.05) is 6.92 Å². The van der Waals surface area contributed by atoms with Gasteiger partial charge in [-0.2, -0.15) is 0 Å². The van der Waals surface area contributed by atoms with Crippen molar-refractivity contribution in [1.82, 2.24) is 0 Å². The second-order valence-electron chi connectivity index (χ2n) is 3.05. The number of nitrogen functional groups attached to an aromatic ring is 1. The zero-order valence-electron chi connectivity index (χ0n) is 8.30. The minimum atomic E-state index is -4.19. The maximum Gasteiger partial charge on any atom is 0.335 e. The predicted octanol–water partition coefficient (Wildman–Crippen LogP) is 0.287. The van der Waals surface area contributed by atoms with E-state index in [-0.39, 0.29) is 11.3 Å². The normalized spacial score (nSPS) is 11.1. The van der Waals surface area contributed by atoms with Gasteiger partial charge >= 0.3 is 5.97 Å². The van der Waals surface area contributed by atoms with E-state index in [1.165, 1.54) is 0 Å². The molecule has 1 aromatic carbocycles. The van der Waals surface area contributed by atoms with Crippen molar-refractivity contribution in [2.24, 2.45) is 0 Å². The first kappa shape index (κ1) is 12.2. The zero-order chi connectivity index (χ0) is 12.5. The molecule has 0 spiro atoms. The second-order valence-corrected chi connectivity index (χ2v) is 5.07. The summed E-state index contributed by atoms with van der Waals surface area (Å²) < 4.78 is 23.0. The lowest BCUT2D eigenvalue weighted by atomic mass is 10.2. The first-order valence-corrected chi connectivity index (χ1v) is 5.63. The van der Waals surface area contributed by atoms with E-state index in [1.54, 1.807) is 0 Å². The van der Waals surface area contributed by atoms with Gasteiger partial charge in [-0.05, 0) is 18.2 Å². The van der Waals surface area contributed by atoms with Crippen LogP contribution in [0.1, 0.15) is 17.3 Å². The molecule has 0 amide bonds. The molecule has 0 heterocycles. The Kier molecular flexibility index (Phi) is 2.99. The lowest BCUT2D eigenvalue weighted by molar-refractivity contribution is -0.109. The molecule has 6 nitrogen and oxygen atoms in total. The molecule has 0 aromatic heterocycles. The molecule has 0 saturated carbocycles. The van der Waals surface area contributed by atoms with E-state index in [1.807, 2.05) is 0 Å². The number of carbonyl (C=O) groups is 2. The van der Waals surface area contributed by atoms with Crippen molar-refractivity contribution in [3.8, 4) is 0 Å². The van der Waals surface area contributed by atoms with Crippen LogP contribution in [-0.2, 0) is 14.6 Å². The summed E-state index contributed by atoms with van der Waals surface area (Å²) in [6.07, 6.45) is 0. The summed E-state index contributed by atoms with van der Waals surface area (Å²) in [5.74, 6) is -1.29. The van der Waals surface area contributed by atoms with Crippen molar-refractivity contribution in [3.63, 3.8) is 0 Å². The van der Waals surface area contributed by atoms with Crippen LogP contribution in [0.3, 0.4) is 0 Å². The highest BCUT2D eigenvalue weighted by atomic mass is 32.2. The minimum absolute atomic E-state index is 0.153. The smallest absolute Gasteiger partial charge is 0.335 e. The predicted molar refractivity (Wildman–Crippen MR) is 55.7 cm³/mol. The topological polar surface area (TPSA) is 115 Å². The van der Waals surface area contributed by atoms with Crippen LogP contribution in [0.5, 0.6) is 0 Å². The van der Waals surface area contributed by atoms with Crippen molar-refractivity contribution >= 4 is 26.6 Å². The molecular weight excluding hydrogens is 234 g/mol. The number of benzene rings is 1. The van der Waals surface area contributed by atoms with Crippen LogP contribution in [0.2, 0.25) is 0 Å². The quantitative estimate of drug-likeness (QED) is 0.721. The Bertz CT molecular complexity index is 561. The van der Waals surface area contributed by atoms with Gasteiger partial charge in [0.25, 0.3) is 0 Å². The number of aromatic carboxylic acids is 1. The van der Waals surface area contributed by atoms with Crippen LogP contribution >= 0.6 is 0 Å². The molecule has 1 aromatic rings. The Morgan fingerprint density at radius 3 is 2.31 bits per heavy atom. The Morgan fingerprint density at radius 2 is 1.88 bits per heavy atom. The van der Waals surface area contributed by atoms with Crippen LogP contribution in [0, 0.1) is 0 Å². The van der Waals surface area contributed by atoms with E-state index >= 15 is 0 Å². The molecular formula is C9H9NO5S. The summed E-state index contributed by atoms with van der Waals surface area (Å²) >= 11 is 0. The van der Waals surface area contributed by atoms with Crippen LogP contribution in [0.15, 0.2) is 23.1 Å². The Hall–Kier alpha value is -1.89. The molecule has 1 rings (SSSR count). The van der Waals surface area contributed by atoms with Crippen LogP contribution < -0.4 is 5.73 Å². The highest BCUT2D eigenvalue weighted by Crippen LogP contribution is 2.21. The van der Waals surface area contributed by atoms with Gasteiger partial charge in [-0.1, -0.05) is 0 Å². The highest BCUT2D eigenvalue weighted by Gasteiger charge is 2.24. The zero-order valence-corrected chi connectivity index (χ0v) is 9.11. The number of anilines is 1. The summed E-state index contributed by atoms with van der Waals surface area (Å²) in [6.45, 7) is 0.877. The van der Waals surface area contributed by atoms with Gasteiger partial charge in [-0.3, -0.25) is 4.79 Å². The molecule has 0 radical (unpaired) electrons. The van der Waals surface area contributed by atoms with Gasteiger partial charge in [0.05, 0.1) is 16.1 Å². The molecule has 0 saturated heterocycles.